The standard InChI is InChI=1S/C16H16N6O/c1-21(2)14-7-8-17-15(9-14)20-16(23)12-3-5-13(6-4-12)22-10-18-19-11-22/h3-11H,1-2H3,(H,17,20,23). The van der Waals surface area contributed by atoms with E-state index in [0.29, 0.717) is 11.4 Å². The minimum Gasteiger partial charge on any atom is -0.378 e. The fourth-order valence-corrected chi connectivity index (χ4v) is 2.07. The summed E-state index contributed by atoms with van der Waals surface area (Å²) in [6, 6.07) is 10.9. The number of nitrogens with one attached hydrogen (secondary N) is 1. The summed E-state index contributed by atoms with van der Waals surface area (Å²) in [6.07, 6.45) is 4.87. The molecule has 1 aromatic carbocycles. The Morgan fingerprint density at radius 3 is 2.43 bits per heavy atom. The fourth-order valence-electron chi connectivity index (χ4n) is 2.07. The summed E-state index contributed by atoms with van der Waals surface area (Å²) in [5, 5.41) is 10.3. The van der Waals surface area contributed by atoms with Crippen LogP contribution < -0.4 is 10.2 Å². The van der Waals surface area contributed by atoms with Gasteiger partial charge in [0.25, 0.3) is 5.91 Å². The van der Waals surface area contributed by atoms with Gasteiger partial charge in [0, 0.05) is 43.3 Å². The first-order valence-corrected chi connectivity index (χ1v) is 7.03. The molecule has 3 rings (SSSR count). The number of nitrogens with zero attached hydrogens (tertiary/aromatic N) is 5. The number of aromatic nitrogens is 4. The second kappa shape index (κ2) is 6.27. The van der Waals surface area contributed by atoms with Crippen LogP contribution in [-0.4, -0.2) is 39.8 Å². The van der Waals surface area contributed by atoms with Crippen molar-refractivity contribution in [2.75, 3.05) is 24.3 Å². The number of hydrogen-bond donors (Lipinski definition) is 1. The van der Waals surface area contributed by atoms with Crippen molar-refractivity contribution < 1.29 is 4.79 Å². The molecule has 2 aromatic heterocycles. The topological polar surface area (TPSA) is 75.9 Å². The van der Waals surface area contributed by atoms with Crippen molar-refractivity contribution in [3.63, 3.8) is 0 Å². The highest BCUT2D eigenvalue weighted by Crippen LogP contribution is 2.16. The first-order chi connectivity index (χ1) is 11.1. The van der Waals surface area contributed by atoms with Gasteiger partial charge in [0.15, 0.2) is 0 Å². The van der Waals surface area contributed by atoms with Gasteiger partial charge in [0.2, 0.25) is 0 Å². The monoisotopic (exact) mass is 308 g/mol. The Labute approximate surface area is 133 Å². The van der Waals surface area contributed by atoms with E-state index in [1.165, 1.54) is 0 Å². The van der Waals surface area contributed by atoms with Gasteiger partial charge < -0.3 is 10.2 Å². The Kier molecular flexibility index (Phi) is 4.01. The van der Waals surface area contributed by atoms with E-state index in [-0.39, 0.29) is 5.91 Å². The first kappa shape index (κ1) is 14.7. The van der Waals surface area contributed by atoms with Crippen LogP contribution in [0.2, 0.25) is 0 Å². The maximum Gasteiger partial charge on any atom is 0.256 e. The third-order valence-corrected chi connectivity index (χ3v) is 3.35. The number of benzene rings is 1. The molecular formula is C16H16N6O. The SMILES string of the molecule is CN(C)c1ccnc(NC(=O)c2ccc(-n3cnnc3)cc2)c1. The zero-order chi connectivity index (χ0) is 16.2. The van der Waals surface area contributed by atoms with E-state index in [2.05, 4.69) is 20.5 Å². The maximum absolute atomic E-state index is 12.3. The lowest BCUT2D eigenvalue weighted by Gasteiger charge is -2.13. The zero-order valence-electron chi connectivity index (χ0n) is 12.8. The lowest BCUT2D eigenvalue weighted by Crippen LogP contribution is -2.14. The van der Waals surface area contributed by atoms with Crippen molar-refractivity contribution in [1.82, 2.24) is 19.7 Å². The molecular weight excluding hydrogens is 292 g/mol. The molecule has 0 aliphatic carbocycles. The van der Waals surface area contributed by atoms with Gasteiger partial charge in [0.05, 0.1) is 0 Å². The van der Waals surface area contributed by atoms with Gasteiger partial charge in [0.1, 0.15) is 18.5 Å². The van der Waals surface area contributed by atoms with E-state index in [1.54, 1.807) is 35.6 Å². The van der Waals surface area contributed by atoms with Crippen molar-refractivity contribution in [2.24, 2.45) is 0 Å². The quantitative estimate of drug-likeness (QED) is 0.797. The largest absolute Gasteiger partial charge is 0.378 e. The minimum absolute atomic E-state index is 0.205. The smallest absolute Gasteiger partial charge is 0.256 e. The summed E-state index contributed by atoms with van der Waals surface area (Å²) in [4.78, 5) is 18.4. The number of anilines is 2. The van der Waals surface area contributed by atoms with Crippen LogP contribution in [0.5, 0.6) is 0 Å². The highest BCUT2D eigenvalue weighted by Gasteiger charge is 2.08. The van der Waals surface area contributed by atoms with Gasteiger partial charge in [-0.3, -0.25) is 9.36 Å². The number of hydrogen-bond acceptors (Lipinski definition) is 5. The number of pyridine rings is 1. The van der Waals surface area contributed by atoms with Crippen LogP contribution in [0.25, 0.3) is 5.69 Å². The maximum atomic E-state index is 12.3. The minimum atomic E-state index is -0.205. The van der Waals surface area contributed by atoms with Gasteiger partial charge in [-0.2, -0.15) is 0 Å². The normalized spacial score (nSPS) is 10.3. The molecule has 7 heteroatoms. The van der Waals surface area contributed by atoms with Crippen LogP contribution in [0.4, 0.5) is 11.5 Å². The molecule has 1 amide bonds. The van der Waals surface area contributed by atoms with Crippen molar-refractivity contribution in [3.05, 3.63) is 60.8 Å². The Balaban J connectivity index is 1.74. The fraction of sp³-hybridized carbons (Fsp3) is 0.125. The highest BCUT2D eigenvalue weighted by molar-refractivity contribution is 6.04. The molecule has 0 bridgehead atoms. The molecule has 0 unspecified atom stereocenters. The van der Waals surface area contributed by atoms with E-state index < -0.39 is 0 Å². The van der Waals surface area contributed by atoms with Crippen LogP contribution in [0.3, 0.4) is 0 Å². The summed E-state index contributed by atoms with van der Waals surface area (Å²) in [7, 11) is 3.87. The zero-order valence-corrected chi connectivity index (χ0v) is 12.8. The van der Waals surface area contributed by atoms with E-state index in [0.717, 1.165) is 11.4 Å². The molecule has 0 atom stereocenters. The van der Waals surface area contributed by atoms with Crippen LogP contribution in [0.15, 0.2) is 55.2 Å². The highest BCUT2D eigenvalue weighted by atomic mass is 16.1. The van der Waals surface area contributed by atoms with Crippen molar-refractivity contribution >= 4 is 17.4 Å². The second-order valence-corrected chi connectivity index (χ2v) is 5.16. The molecule has 0 fully saturated rings. The number of amides is 1. The Morgan fingerprint density at radius 1 is 1.09 bits per heavy atom. The van der Waals surface area contributed by atoms with Crippen LogP contribution in [0.1, 0.15) is 10.4 Å². The van der Waals surface area contributed by atoms with Crippen molar-refractivity contribution in [1.29, 1.82) is 0 Å². The molecule has 7 nitrogen and oxygen atoms in total. The summed E-state index contributed by atoms with van der Waals surface area (Å²) in [5.74, 6) is 0.313. The molecule has 23 heavy (non-hydrogen) atoms. The first-order valence-electron chi connectivity index (χ1n) is 7.03. The van der Waals surface area contributed by atoms with E-state index >= 15 is 0 Å². The Bertz CT molecular complexity index is 796. The molecule has 1 N–H and O–H groups in total. The third-order valence-electron chi connectivity index (χ3n) is 3.35. The van der Waals surface area contributed by atoms with E-state index in [4.69, 9.17) is 0 Å². The molecule has 116 valence electrons. The van der Waals surface area contributed by atoms with E-state index in [1.807, 2.05) is 43.3 Å². The van der Waals surface area contributed by atoms with E-state index in [9.17, 15) is 4.79 Å². The van der Waals surface area contributed by atoms with Crippen molar-refractivity contribution in [3.8, 4) is 5.69 Å². The molecule has 2 heterocycles. The lowest BCUT2D eigenvalue weighted by molar-refractivity contribution is 0.102. The van der Waals surface area contributed by atoms with Gasteiger partial charge >= 0.3 is 0 Å². The lowest BCUT2D eigenvalue weighted by atomic mass is 10.2. The van der Waals surface area contributed by atoms with Crippen molar-refractivity contribution in [2.45, 2.75) is 0 Å². The summed E-state index contributed by atoms with van der Waals surface area (Å²) < 4.78 is 1.77. The number of carbonyl (C=O) groups excluding carboxylic acids is 1. The van der Waals surface area contributed by atoms with Gasteiger partial charge in [-0.1, -0.05) is 0 Å². The predicted molar refractivity (Wildman–Crippen MR) is 87.9 cm³/mol. The average Bonchev–Trinajstić information content (AvgIpc) is 3.09. The summed E-state index contributed by atoms with van der Waals surface area (Å²) in [6.45, 7) is 0. The molecule has 0 radical (unpaired) electrons. The summed E-state index contributed by atoms with van der Waals surface area (Å²) in [5.41, 5.74) is 2.41. The molecule has 3 aromatic rings. The predicted octanol–water partition coefficient (Wildman–Crippen LogP) is 1.98. The van der Waals surface area contributed by atoms with Gasteiger partial charge in [-0.15, -0.1) is 10.2 Å². The Morgan fingerprint density at radius 2 is 1.78 bits per heavy atom. The molecule has 0 saturated carbocycles. The third kappa shape index (κ3) is 3.34. The molecule has 0 spiro atoms. The van der Waals surface area contributed by atoms with Crippen LogP contribution in [0, 0.1) is 0 Å². The van der Waals surface area contributed by atoms with Crippen LogP contribution in [-0.2, 0) is 0 Å². The average molecular weight is 308 g/mol. The molecule has 0 aliphatic rings. The summed E-state index contributed by atoms with van der Waals surface area (Å²) >= 11 is 0. The number of rotatable bonds is 4. The molecule has 0 aliphatic heterocycles. The number of carbonyl (C=O) groups is 1. The van der Waals surface area contributed by atoms with Gasteiger partial charge in [-0.05, 0) is 30.3 Å². The molecule has 0 saturated heterocycles. The van der Waals surface area contributed by atoms with Crippen LogP contribution >= 0.6 is 0 Å². The van der Waals surface area contributed by atoms with Gasteiger partial charge in [-0.25, -0.2) is 4.98 Å². The second-order valence-electron chi connectivity index (χ2n) is 5.16. The Hall–Kier alpha value is -3.22.